The van der Waals surface area contributed by atoms with E-state index in [4.69, 9.17) is 23.2 Å². The van der Waals surface area contributed by atoms with E-state index in [2.05, 4.69) is 9.97 Å². The van der Waals surface area contributed by atoms with Gasteiger partial charge in [-0.3, -0.25) is 19.2 Å². The highest BCUT2D eigenvalue weighted by Crippen LogP contribution is 2.35. The van der Waals surface area contributed by atoms with Gasteiger partial charge in [-0.15, -0.1) is 0 Å². The molecule has 0 radical (unpaired) electrons. The molecule has 188 valence electrons. The van der Waals surface area contributed by atoms with Gasteiger partial charge in [0, 0.05) is 5.56 Å². The second kappa shape index (κ2) is 8.36. The van der Waals surface area contributed by atoms with E-state index in [1.165, 1.54) is 0 Å². The van der Waals surface area contributed by atoms with Crippen LogP contribution >= 0.6 is 23.2 Å². The van der Waals surface area contributed by atoms with E-state index >= 15 is 0 Å². The number of H-pyrrole nitrogens is 1. The number of hydrogen-bond donors (Lipinski definition) is 1. The molecule has 0 fully saturated rings. The molecular weight excluding hydrogens is 539 g/mol. The monoisotopic (exact) mass is 552 g/mol. The summed E-state index contributed by atoms with van der Waals surface area (Å²) in [6, 6.07) is 21.4. The molecule has 7 rings (SSSR count). The van der Waals surface area contributed by atoms with Gasteiger partial charge in [-0.1, -0.05) is 35.3 Å². The van der Waals surface area contributed by atoms with Crippen LogP contribution in [-0.4, -0.2) is 33.6 Å². The van der Waals surface area contributed by atoms with Crippen LogP contribution < -0.4 is 9.80 Å². The Labute approximate surface area is 230 Å². The standard InChI is InChI=1S/C29H14Cl2N4O4/c30-19-5-1-3-17-23(19)28(38)34(26(17)36)15-9-7-14(8-10-15)25-32-21-12-11-16(13-22(21)33-25)35-27(37)18-4-2-6-20(31)24(18)29(35)39/h1-13H,(H,32,33). The number of hydrogen-bond acceptors (Lipinski definition) is 5. The molecule has 0 unspecified atom stereocenters. The molecule has 0 aliphatic carbocycles. The van der Waals surface area contributed by atoms with Gasteiger partial charge in [0.1, 0.15) is 5.82 Å². The van der Waals surface area contributed by atoms with Crippen molar-refractivity contribution in [2.24, 2.45) is 0 Å². The van der Waals surface area contributed by atoms with Crippen molar-refractivity contribution in [2.75, 3.05) is 9.80 Å². The first-order valence-electron chi connectivity index (χ1n) is 11.8. The number of carbonyl (C=O) groups is 4. The zero-order valence-electron chi connectivity index (χ0n) is 19.7. The number of imidazole rings is 1. The van der Waals surface area contributed by atoms with Gasteiger partial charge in [0.15, 0.2) is 0 Å². The molecule has 8 nitrogen and oxygen atoms in total. The number of aromatic amines is 1. The summed E-state index contributed by atoms with van der Waals surface area (Å²) in [4.78, 5) is 61.8. The second-order valence-electron chi connectivity index (χ2n) is 9.05. The van der Waals surface area contributed by atoms with Crippen LogP contribution in [0.15, 0.2) is 78.9 Å². The van der Waals surface area contributed by atoms with Crippen LogP contribution in [-0.2, 0) is 0 Å². The van der Waals surface area contributed by atoms with Crippen molar-refractivity contribution in [1.29, 1.82) is 0 Å². The number of nitrogens with zero attached hydrogens (tertiary/aromatic N) is 3. The lowest BCUT2D eigenvalue weighted by Gasteiger charge is -2.14. The van der Waals surface area contributed by atoms with Crippen LogP contribution in [0, 0.1) is 0 Å². The predicted molar refractivity (Wildman–Crippen MR) is 147 cm³/mol. The molecule has 0 saturated heterocycles. The Bertz CT molecular complexity index is 1930. The maximum absolute atomic E-state index is 13.0. The summed E-state index contributed by atoms with van der Waals surface area (Å²) >= 11 is 12.4. The molecule has 0 spiro atoms. The molecule has 3 heterocycles. The Kier molecular flexibility index (Phi) is 5.00. The van der Waals surface area contributed by atoms with E-state index in [1.54, 1.807) is 78.9 Å². The lowest BCUT2D eigenvalue weighted by molar-refractivity contribution is 0.0910. The van der Waals surface area contributed by atoms with Gasteiger partial charge in [-0.05, 0) is 66.7 Å². The van der Waals surface area contributed by atoms with Gasteiger partial charge in [0.2, 0.25) is 0 Å². The fourth-order valence-corrected chi connectivity index (χ4v) is 5.51. The Morgan fingerprint density at radius 2 is 1.15 bits per heavy atom. The smallest absolute Gasteiger partial charge is 0.267 e. The van der Waals surface area contributed by atoms with E-state index in [0.717, 1.165) is 9.80 Å². The van der Waals surface area contributed by atoms with E-state index in [1.807, 2.05) is 0 Å². The van der Waals surface area contributed by atoms with Crippen LogP contribution in [0.4, 0.5) is 11.4 Å². The minimum atomic E-state index is -0.482. The molecule has 5 aromatic rings. The van der Waals surface area contributed by atoms with E-state index in [9.17, 15) is 19.2 Å². The van der Waals surface area contributed by atoms with Crippen molar-refractivity contribution in [3.63, 3.8) is 0 Å². The normalized spacial score (nSPS) is 14.5. The van der Waals surface area contributed by atoms with Gasteiger partial charge in [0.25, 0.3) is 23.6 Å². The molecule has 1 aromatic heterocycles. The van der Waals surface area contributed by atoms with Crippen molar-refractivity contribution in [3.05, 3.63) is 111 Å². The Hall–Kier alpha value is -4.79. The summed E-state index contributed by atoms with van der Waals surface area (Å²) in [7, 11) is 0. The Morgan fingerprint density at radius 1 is 0.615 bits per heavy atom. The van der Waals surface area contributed by atoms with Gasteiger partial charge < -0.3 is 4.98 Å². The molecular formula is C29H14Cl2N4O4. The Morgan fingerprint density at radius 3 is 1.72 bits per heavy atom. The summed E-state index contributed by atoms with van der Waals surface area (Å²) in [6.45, 7) is 0. The topological polar surface area (TPSA) is 103 Å². The molecule has 2 aliphatic heterocycles. The number of carbonyl (C=O) groups excluding carboxylic acids is 4. The number of aromatic nitrogens is 2. The Balaban J connectivity index is 1.19. The molecule has 1 N–H and O–H groups in total. The molecule has 2 aliphatic rings. The van der Waals surface area contributed by atoms with Crippen LogP contribution in [0.1, 0.15) is 41.4 Å². The van der Waals surface area contributed by atoms with E-state index in [0.29, 0.717) is 33.8 Å². The number of anilines is 2. The van der Waals surface area contributed by atoms with Crippen molar-refractivity contribution < 1.29 is 19.2 Å². The number of nitrogens with one attached hydrogen (secondary N) is 1. The number of halogens is 2. The van der Waals surface area contributed by atoms with Gasteiger partial charge >= 0.3 is 0 Å². The average Bonchev–Trinajstić information content (AvgIpc) is 3.55. The number of fused-ring (bicyclic) bond motifs is 3. The molecule has 0 bridgehead atoms. The fraction of sp³-hybridized carbons (Fsp3) is 0. The van der Waals surface area contributed by atoms with Crippen molar-refractivity contribution >= 4 is 69.2 Å². The first-order chi connectivity index (χ1) is 18.8. The number of benzene rings is 4. The van der Waals surface area contributed by atoms with E-state index in [-0.39, 0.29) is 32.3 Å². The quantitative estimate of drug-likeness (QED) is 0.271. The largest absolute Gasteiger partial charge is 0.338 e. The second-order valence-corrected chi connectivity index (χ2v) is 9.86. The summed E-state index contributed by atoms with van der Waals surface area (Å²) in [6.07, 6.45) is 0. The third-order valence-corrected chi connectivity index (χ3v) is 7.48. The SMILES string of the molecule is O=C1c2cccc(Cl)c2C(=O)N1c1ccc(-c2nc3ccc(N4C(=O)c5cccc(Cl)c5C4=O)cc3[nH]2)cc1. The van der Waals surface area contributed by atoms with Gasteiger partial charge in [0.05, 0.1) is 54.7 Å². The third-order valence-electron chi connectivity index (χ3n) is 6.85. The third kappa shape index (κ3) is 3.35. The average molecular weight is 553 g/mol. The summed E-state index contributed by atoms with van der Waals surface area (Å²) in [5.74, 6) is -1.30. The van der Waals surface area contributed by atoms with E-state index < -0.39 is 23.6 Å². The first kappa shape index (κ1) is 23.3. The summed E-state index contributed by atoms with van der Waals surface area (Å²) in [5.41, 5.74) is 3.66. The summed E-state index contributed by atoms with van der Waals surface area (Å²) < 4.78 is 0. The van der Waals surface area contributed by atoms with Gasteiger partial charge in [-0.2, -0.15) is 0 Å². The summed E-state index contributed by atoms with van der Waals surface area (Å²) in [5, 5.41) is 0.460. The minimum absolute atomic E-state index is 0.190. The lowest BCUT2D eigenvalue weighted by atomic mass is 10.1. The van der Waals surface area contributed by atoms with Crippen molar-refractivity contribution in [2.45, 2.75) is 0 Å². The maximum Gasteiger partial charge on any atom is 0.267 e. The zero-order chi connectivity index (χ0) is 27.0. The zero-order valence-corrected chi connectivity index (χ0v) is 21.2. The minimum Gasteiger partial charge on any atom is -0.338 e. The first-order valence-corrected chi connectivity index (χ1v) is 12.5. The highest BCUT2D eigenvalue weighted by Gasteiger charge is 2.39. The number of amides is 4. The van der Waals surface area contributed by atoms with Crippen LogP contribution in [0.3, 0.4) is 0 Å². The van der Waals surface area contributed by atoms with Crippen molar-refractivity contribution in [3.8, 4) is 11.4 Å². The van der Waals surface area contributed by atoms with Crippen LogP contribution in [0.25, 0.3) is 22.4 Å². The molecule has 0 saturated carbocycles. The number of rotatable bonds is 3. The van der Waals surface area contributed by atoms with Gasteiger partial charge in [-0.25, -0.2) is 14.8 Å². The molecule has 4 amide bonds. The molecule has 0 atom stereocenters. The highest BCUT2D eigenvalue weighted by molar-refractivity contribution is 6.43. The highest BCUT2D eigenvalue weighted by atomic mass is 35.5. The lowest BCUT2D eigenvalue weighted by Crippen LogP contribution is -2.29. The van der Waals surface area contributed by atoms with Crippen molar-refractivity contribution in [1.82, 2.24) is 9.97 Å². The maximum atomic E-state index is 13.0. The molecule has 39 heavy (non-hydrogen) atoms. The molecule has 4 aromatic carbocycles. The van der Waals surface area contributed by atoms with Crippen LogP contribution in [0.5, 0.6) is 0 Å². The predicted octanol–water partition coefficient (Wildman–Crippen LogP) is 6.14. The molecule has 10 heteroatoms. The van der Waals surface area contributed by atoms with Crippen LogP contribution in [0.2, 0.25) is 10.0 Å². The fourth-order valence-electron chi connectivity index (χ4n) is 5.00. The number of imide groups is 2.